The first-order valence-corrected chi connectivity index (χ1v) is 12.7. The number of esters is 1. The molecule has 3 N–H and O–H groups in total. The van der Waals surface area contributed by atoms with Gasteiger partial charge in [-0.2, -0.15) is 5.09 Å². The standard InChI is InChI=1S/C22H28N3O10P/c1-21(2,19(28)31-3)24-36(30,35-14-7-5-4-6-8-14)33-13-15-17(27)22(10-12-32-22)18(34-15)25-11-9-16(26)23-20(25)29/h4-9,11,15,17-18,27H,10,12-13H2,1-3H3,(H,24,30)(H,23,26,29)/t15-,17-,18-,22-,36?/m1/s1. The number of rotatable bonds is 9. The molecule has 0 saturated carbocycles. The molecule has 2 aromatic rings. The van der Waals surface area contributed by atoms with E-state index in [0.29, 0.717) is 13.0 Å². The molecule has 0 radical (unpaired) electrons. The Morgan fingerprint density at radius 2 is 2.00 bits per heavy atom. The molecule has 5 atom stereocenters. The number of methoxy groups -OCH3 is 1. The molecule has 1 aromatic carbocycles. The summed E-state index contributed by atoms with van der Waals surface area (Å²) in [6.07, 6.45) is -1.83. The highest BCUT2D eigenvalue weighted by molar-refractivity contribution is 7.52. The van der Waals surface area contributed by atoms with Crippen LogP contribution in [0.3, 0.4) is 0 Å². The smallest absolute Gasteiger partial charge is 0.459 e. The SMILES string of the molecule is COC(=O)C(C)(C)NP(=O)(OC[C@H]1O[C@@H](n2ccc(=O)[nH]c2=O)[C@@]2(CCO2)[C@@H]1O)Oc1ccccc1. The summed E-state index contributed by atoms with van der Waals surface area (Å²) in [7, 11) is -3.06. The lowest BCUT2D eigenvalue weighted by Gasteiger charge is -2.44. The fraction of sp³-hybridized carbons (Fsp3) is 0.500. The van der Waals surface area contributed by atoms with E-state index in [2.05, 4.69) is 10.1 Å². The molecule has 196 valence electrons. The van der Waals surface area contributed by atoms with E-state index >= 15 is 0 Å². The van der Waals surface area contributed by atoms with Crippen LogP contribution in [0.15, 0.2) is 52.2 Å². The molecule has 0 bridgehead atoms. The highest BCUT2D eigenvalue weighted by Crippen LogP contribution is 2.51. The molecule has 3 heterocycles. The number of carbonyl (C=O) groups is 1. The number of aromatic amines is 1. The van der Waals surface area contributed by atoms with E-state index in [1.54, 1.807) is 30.3 Å². The second-order valence-corrected chi connectivity index (χ2v) is 10.6. The summed E-state index contributed by atoms with van der Waals surface area (Å²) in [6.45, 7) is 2.77. The molecule has 14 heteroatoms. The zero-order valence-corrected chi connectivity index (χ0v) is 20.8. The summed E-state index contributed by atoms with van der Waals surface area (Å²) in [5.41, 5.74) is -4.05. The number of aromatic nitrogens is 2. The van der Waals surface area contributed by atoms with Gasteiger partial charge in [0.25, 0.3) is 5.56 Å². The lowest BCUT2D eigenvalue weighted by atomic mass is 9.86. The van der Waals surface area contributed by atoms with Crippen LogP contribution in [0, 0.1) is 0 Å². The van der Waals surface area contributed by atoms with E-state index in [1.807, 2.05) is 0 Å². The maximum absolute atomic E-state index is 13.7. The molecule has 2 fully saturated rings. The molecule has 1 spiro atoms. The number of aliphatic hydroxyl groups excluding tert-OH is 1. The molecule has 13 nitrogen and oxygen atoms in total. The van der Waals surface area contributed by atoms with Crippen LogP contribution in [0.4, 0.5) is 0 Å². The van der Waals surface area contributed by atoms with Crippen molar-refractivity contribution in [3.63, 3.8) is 0 Å². The van der Waals surface area contributed by atoms with E-state index < -0.39 is 61.1 Å². The van der Waals surface area contributed by atoms with E-state index in [-0.39, 0.29) is 5.75 Å². The normalized spacial score (nSPS) is 27.3. The number of hydrogen-bond donors (Lipinski definition) is 3. The topological polar surface area (TPSA) is 167 Å². The summed E-state index contributed by atoms with van der Waals surface area (Å²) in [5.74, 6) is -0.502. The molecular weight excluding hydrogens is 497 g/mol. The van der Waals surface area contributed by atoms with Gasteiger partial charge in [-0.15, -0.1) is 0 Å². The van der Waals surface area contributed by atoms with Crippen LogP contribution in [0.5, 0.6) is 5.75 Å². The highest BCUT2D eigenvalue weighted by Gasteiger charge is 2.62. The third-order valence-electron chi connectivity index (χ3n) is 6.03. The first-order valence-electron chi connectivity index (χ1n) is 11.2. The summed E-state index contributed by atoms with van der Waals surface area (Å²) < 4.78 is 42.5. The van der Waals surface area contributed by atoms with Gasteiger partial charge in [0, 0.05) is 18.7 Å². The Hall–Kier alpha value is -2.80. The molecule has 36 heavy (non-hydrogen) atoms. The van der Waals surface area contributed by atoms with Gasteiger partial charge in [-0.25, -0.2) is 9.36 Å². The Morgan fingerprint density at radius 3 is 2.58 bits per heavy atom. The Balaban J connectivity index is 1.57. The molecule has 1 unspecified atom stereocenters. The molecule has 0 aliphatic carbocycles. The van der Waals surface area contributed by atoms with E-state index in [9.17, 15) is 24.1 Å². The average molecular weight is 525 g/mol. The lowest BCUT2D eigenvalue weighted by Crippen LogP contribution is -2.57. The quantitative estimate of drug-likeness (QED) is 0.311. The van der Waals surface area contributed by atoms with Crippen molar-refractivity contribution in [1.82, 2.24) is 14.6 Å². The largest absolute Gasteiger partial charge is 0.468 e. The van der Waals surface area contributed by atoms with E-state index in [4.69, 9.17) is 23.3 Å². The number of hydrogen-bond acceptors (Lipinski definition) is 10. The summed E-state index contributed by atoms with van der Waals surface area (Å²) in [6, 6.07) is 9.33. The molecular formula is C22H28N3O10P. The maximum atomic E-state index is 13.7. The van der Waals surface area contributed by atoms with Crippen molar-refractivity contribution in [1.29, 1.82) is 0 Å². The third kappa shape index (κ3) is 5.03. The average Bonchev–Trinajstić information content (AvgIpc) is 3.09. The number of ether oxygens (including phenoxy) is 3. The van der Waals surface area contributed by atoms with Crippen LogP contribution in [-0.4, -0.2) is 64.3 Å². The van der Waals surface area contributed by atoms with Gasteiger partial charge < -0.3 is 23.8 Å². The lowest BCUT2D eigenvalue weighted by molar-refractivity contribution is -0.227. The fourth-order valence-corrected chi connectivity index (χ4v) is 5.82. The van der Waals surface area contributed by atoms with Crippen molar-refractivity contribution in [2.45, 2.75) is 49.8 Å². The van der Waals surface area contributed by atoms with Gasteiger partial charge in [-0.3, -0.25) is 23.7 Å². The fourth-order valence-electron chi connectivity index (χ4n) is 4.14. The van der Waals surface area contributed by atoms with Crippen molar-refractivity contribution < 1.29 is 37.7 Å². The van der Waals surface area contributed by atoms with Crippen LogP contribution in [0.2, 0.25) is 0 Å². The molecule has 2 saturated heterocycles. The minimum Gasteiger partial charge on any atom is -0.468 e. The second-order valence-electron chi connectivity index (χ2n) is 8.97. The Bertz CT molecular complexity index is 1260. The Kier molecular flexibility index (Phi) is 7.24. The van der Waals surface area contributed by atoms with E-state index in [1.165, 1.54) is 27.2 Å². The third-order valence-corrected chi connectivity index (χ3v) is 7.80. The highest BCUT2D eigenvalue weighted by atomic mass is 31.2. The van der Waals surface area contributed by atoms with Crippen molar-refractivity contribution in [2.75, 3.05) is 20.3 Å². The van der Waals surface area contributed by atoms with Crippen molar-refractivity contribution in [3.05, 3.63) is 63.4 Å². The summed E-state index contributed by atoms with van der Waals surface area (Å²) in [4.78, 5) is 38.2. The summed E-state index contributed by atoms with van der Waals surface area (Å²) in [5, 5.41) is 13.6. The predicted octanol–water partition coefficient (Wildman–Crippen LogP) is 0.699. The molecule has 2 aliphatic rings. The number of nitrogens with one attached hydrogen (secondary N) is 2. The molecule has 2 aliphatic heterocycles. The zero-order chi connectivity index (χ0) is 26.1. The minimum atomic E-state index is -4.25. The van der Waals surface area contributed by atoms with Crippen LogP contribution >= 0.6 is 7.75 Å². The van der Waals surface area contributed by atoms with Crippen LogP contribution in [-0.2, 0) is 28.1 Å². The van der Waals surface area contributed by atoms with Gasteiger partial charge in [0.1, 0.15) is 29.1 Å². The zero-order valence-electron chi connectivity index (χ0n) is 19.9. The first-order chi connectivity index (χ1) is 17.0. The number of H-pyrrole nitrogens is 1. The van der Waals surface area contributed by atoms with Gasteiger partial charge in [0.15, 0.2) is 6.23 Å². The monoisotopic (exact) mass is 525 g/mol. The first kappa shape index (κ1) is 26.3. The molecule has 4 rings (SSSR count). The number of aliphatic hydroxyl groups is 1. The Morgan fingerprint density at radius 1 is 1.31 bits per heavy atom. The van der Waals surface area contributed by atoms with Crippen molar-refractivity contribution in [3.8, 4) is 5.75 Å². The predicted molar refractivity (Wildman–Crippen MR) is 124 cm³/mol. The number of para-hydroxylation sites is 1. The Labute approximate surface area is 205 Å². The molecule has 1 aromatic heterocycles. The van der Waals surface area contributed by atoms with Gasteiger partial charge in [0.05, 0.1) is 20.3 Å². The number of carbonyl (C=O) groups excluding carboxylic acids is 1. The van der Waals surface area contributed by atoms with Crippen LogP contribution in [0.1, 0.15) is 26.5 Å². The number of benzene rings is 1. The van der Waals surface area contributed by atoms with Crippen LogP contribution in [0.25, 0.3) is 0 Å². The van der Waals surface area contributed by atoms with E-state index in [0.717, 1.165) is 10.6 Å². The minimum absolute atomic E-state index is 0.207. The second kappa shape index (κ2) is 9.92. The number of nitrogens with zero attached hydrogens (tertiary/aromatic N) is 1. The van der Waals surface area contributed by atoms with Gasteiger partial charge in [0.2, 0.25) is 0 Å². The van der Waals surface area contributed by atoms with Gasteiger partial charge in [-0.05, 0) is 26.0 Å². The maximum Gasteiger partial charge on any atom is 0.459 e. The van der Waals surface area contributed by atoms with Gasteiger partial charge >= 0.3 is 19.4 Å². The van der Waals surface area contributed by atoms with Crippen molar-refractivity contribution >= 4 is 13.7 Å². The molecule has 0 amide bonds. The van der Waals surface area contributed by atoms with Crippen LogP contribution < -0.4 is 20.9 Å². The van der Waals surface area contributed by atoms with Crippen molar-refractivity contribution in [2.24, 2.45) is 0 Å². The van der Waals surface area contributed by atoms with Gasteiger partial charge in [-0.1, -0.05) is 18.2 Å². The summed E-state index contributed by atoms with van der Waals surface area (Å²) >= 11 is 0.